The second kappa shape index (κ2) is 5.29. The summed E-state index contributed by atoms with van der Waals surface area (Å²) < 4.78 is 0. The molecular formula is C11H19NO2. The molecule has 3 nitrogen and oxygen atoms in total. The van der Waals surface area contributed by atoms with Gasteiger partial charge in [-0.05, 0) is 13.3 Å². The maximum atomic E-state index is 9.70. The first-order chi connectivity index (χ1) is 6.65. The van der Waals surface area contributed by atoms with Gasteiger partial charge in [0.15, 0.2) is 0 Å². The molecule has 3 N–H and O–H groups in total. The van der Waals surface area contributed by atoms with Crippen LogP contribution in [0.3, 0.4) is 0 Å². The van der Waals surface area contributed by atoms with Crippen molar-refractivity contribution in [2.45, 2.75) is 25.6 Å². The van der Waals surface area contributed by atoms with Crippen LogP contribution in [0.15, 0.2) is 24.3 Å². The molecule has 1 aliphatic rings. The molecule has 80 valence electrons. The Bertz CT molecular complexity index is 225. The average molecular weight is 197 g/mol. The molecule has 3 heteroatoms. The maximum absolute atomic E-state index is 9.70. The molecule has 0 saturated carbocycles. The zero-order valence-corrected chi connectivity index (χ0v) is 8.61. The molecular weight excluding hydrogens is 178 g/mol. The minimum absolute atomic E-state index is 0.0717. The first kappa shape index (κ1) is 11.4. The van der Waals surface area contributed by atoms with Crippen LogP contribution in [0, 0.1) is 5.92 Å². The van der Waals surface area contributed by atoms with Crippen LogP contribution in [0.1, 0.15) is 13.3 Å². The fraction of sp³-hybridized carbons (Fsp3) is 0.636. The highest BCUT2D eigenvalue weighted by Crippen LogP contribution is 2.19. The monoisotopic (exact) mass is 197 g/mol. The van der Waals surface area contributed by atoms with Crippen molar-refractivity contribution in [2.75, 3.05) is 13.1 Å². The van der Waals surface area contributed by atoms with Crippen molar-refractivity contribution in [3.8, 4) is 0 Å². The summed E-state index contributed by atoms with van der Waals surface area (Å²) in [5.74, 6) is 0.0717. The molecule has 1 aliphatic heterocycles. The van der Waals surface area contributed by atoms with Gasteiger partial charge in [0.05, 0.1) is 12.2 Å². The highest BCUT2D eigenvalue weighted by Gasteiger charge is 2.29. The third-order valence-corrected chi connectivity index (χ3v) is 2.56. The van der Waals surface area contributed by atoms with E-state index in [1.54, 1.807) is 0 Å². The Morgan fingerprint density at radius 3 is 2.86 bits per heavy atom. The van der Waals surface area contributed by atoms with Gasteiger partial charge in [0.25, 0.3) is 0 Å². The molecule has 0 spiro atoms. The average Bonchev–Trinajstić information content (AvgIpc) is 2.13. The van der Waals surface area contributed by atoms with Crippen LogP contribution < -0.4 is 5.32 Å². The minimum atomic E-state index is -0.646. The fourth-order valence-electron chi connectivity index (χ4n) is 1.81. The van der Waals surface area contributed by atoms with E-state index in [1.165, 1.54) is 0 Å². The molecule has 0 aromatic heterocycles. The number of allylic oxidation sites excluding steroid dienone is 3. The topological polar surface area (TPSA) is 52.5 Å². The molecule has 1 heterocycles. The summed E-state index contributed by atoms with van der Waals surface area (Å²) >= 11 is 0. The lowest BCUT2D eigenvalue weighted by atomic mass is 9.88. The van der Waals surface area contributed by atoms with Crippen molar-refractivity contribution in [1.29, 1.82) is 0 Å². The Labute approximate surface area is 85.1 Å². The Balaban J connectivity index is 2.46. The van der Waals surface area contributed by atoms with Crippen LogP contribution in [0.2, 0.25) is 0 Å². The second-order valence-corrected chi connectivity index (χ2v) is 3.84. The first-order valence-electron chi connectivity index (χ1n) is 5.02. The highest BCUT2D eigenvalue weighted by atomic mass is 16.3. The number of aliphatic hydroxyl groups excluding tert-OH is 2. The summed E-state index contributed by atoms with van der Waals surface area (Å²) in [6, 6.07) is 0. The van der Waals surface area contributed by atoms with Crippen LogP contribution >= 0.6 is 0 Å². The lowest BCUT2D eigenvalue weighted by Gasteiger charge is -2.32. The van der Waals surface area contributed by atoms with Gasteiger partial charge in [0, 0.05) is 19.0 Å². The molecule has 0 aliphatic carbocycles. The van der Waals surface area contributed by atoms with Gasteiger partial charge in [0.1, 0.15) is 0 Å². The number of rotatable bonds is 3. The van der Waals surface area contributed by atoms with Gasteiger partial charge in [-0.2, -0.15) is 0 Å². The number of piperidine rings is 1. The van der Waals surface area contributed by atoms with Crippen molar-refractivity contribution in [3.63, 3.8) is 0 Å². The summed E-state index contributed by atoms with van der Waals surface area (Å²) in [6.07, 6.45) is 3.33. The van der Waals surface area contributed by atoms with Crippen LogP contribution in [0.4, 0.5) is 0 Å². The lowest BCUT2D eigenvalue weighted by molar-refractivity contribution is -0.0343. The van der Waals surface area contributed by atoms with Gasteiger partial charge in [0.2, 0.25) is 0 Å². The van der Waals surface area contributed by atoms with E-state index in [9.17, 15) is 10.2 Å². The van der Waals surface area contributed by atoms with E-state index in [4.69, 9.17) is 0 Å². The lowest BCUT2D eigenvalue weighted by Crippen LogP contribution is -2.50. The van der Waals surface area contributed by atoms with Gasteiger partial charge >= 0.3 is 0 Å². The first-order valence-corrected chi connectivity index (χ1v) is 5.02. The Hall–Kier alpha value is -0.640. The highest BCUT2D eigenvalue weighted by molar-refractivity contribution is 5.15. The third kappa shape index (κ3) is 2.94. The molecule has 14 heavy (non-hydrogen) atoms. The number of nitrogens with one attached hydrogen (secondary N) is 1. The molecule has 3 atom stereocenters. The summed E-state index contributed by atoms with van der Waals surface area (Å²) in [4.78, 5) is 0. The van der Waals surface area contributed by atoms with Crippen molar-refractivity contribution in [1.82, 2.24) is 5.32 Å². The van der Waals surface area contributed by atoms with E-state index in [1.807, 2.05) is 19.1 Å². The van der Waals surface area contributed by atoms with Crippen molar-refractivity contribution in [2.24, 2.45) is 5.92 Å². The summed E-state index contributed by atoms with van der Waals surface area (Å²) in [7, 11) is 0. The summed E-state index contributed by atoms with van der Waals surface area (Å²) in [5, 5.41) is 22.2. The van der Waals surface area contributed by atoms with Crippen LogP contribution in [0.5, 0.6) is 0 Å². The second-order valence-electron chi connectivity index (χ2n) is 3.84. The zero-order chi connectivity index (χ0) is 10.6. The van der Waals surface area contributed by atoms with E-state index in [-0.39, 0.29) is 5.92 Å². The van der Waals surface area contributed by atoms with E-state index >= 15 is 0 Å². The number of β-amino-alcohol motifs (C(OH)–C–C–N with tert-alkyl or cyclic N) is 1. The molecule has 1 rings (SSSR count). The Morgan fingerprint density at radius 1 is 1.50 bits per heavy atom. The number of aliphatic hydroxyl groups is 2. The van der Waals surface area contributed by atoms with Gasteiger partial charge in [-0.15, -0.1) is 0 Å². The van der Waals surface area contributed by atoms with Crippen LogP contribution in [-0.2, 0) is 0 Å². The van der Waals surface area contributed by atoms with E-state index < -0.39 is 12.2 Å². The van der Waals surface area contributed by atoms with Gasteiger partial charge in [-0.25, -0.2) is 0 Å². The fourth-order valence-corrected chi connectivity index (χ4v) is 1.81. The Kier molecular flexibility index (Phi) is 4.32. The summed E-state index contributed by atoms with van der Waals surface area (Å²) in [5.41, 5.74) is 0.993. The predicted octanol–water partition coefficient (Wildman–Crippen LogP) is 0.450. The molecule has 1 saturated heterocycles. The van der Waals surface area contributed by atoms with Crippen molar-refractivity contribution in [3.05, 3.63) is 24.3 Å². The molecule has 0 bridgehead atoms. The van der Waals surface area contributed by atoms with Crippen molar-refractivity contribution < 1.29 is 10.2 Å². The standard InChI is InChI=1S/C11H19NO2/c1-3-4-8(2)5-9-6-12-7-10(13)11(9)14/h3-4,9-14H,2,5-7H2,1H3. The molecule has 0 aromatic rings. The molecule has 0 aromatic carbocycles. The maximum Gasteiger partial charge on any atom is 0.0926 e. The van der Waals surface area contributed by atoms with Gasteiger partial charge in [-0.1, -0.05) is 24.3 Å². The predicted molar refractivity (Wildman–Crippen MR) is 56.9 cm³/mol. The molecule has 0 radical (unpaired) electrons. The quantitative estimate of drug-likeness (QED) is 0.576. The minimum Gasteiger partial charge on any atom is -0.390 e. The van der Waals surface area contributed by atoms with Crippen molar-refractivity contribution >= 4 is 0 Å². The molecule has 1 fully saturated rings. The molecule has 3 unspecified atom stereocenters. The van der Waals surface area contributed by atoms with E-state index in [0.717, 1.165) is 18.5 Å². The number of hydrogen-bond acceptors (Lipinski definition) is 3. The zero-order valence-electron chi connectivity index (χ0n) is 8.61. The van der Waals surface area contributed by atoms with E-state index in [2.05, 4.69) is 11.9 Å². The normalized spacial score (nSPS) is 33.5. The van der Waals surface area contributed by atoms with Gasteiger partial charge in [-0.3, -0.25) is 0 Å². The smallest absolute Gasteiger partial charge is 0.0926 e. The molecule has 0 amide bonds. The number of hydrogen-bond donors (Lipinski definition) is 3. The Morgan fingerprint density at radius 2 is 2.21 bits per heavy atom. The van der Waals surface area contributed by atoms with E-state index in [0.29, 0.717) is 6.54 Å². The summed E-state index contributed by atoms with van der Waals surface area (Å²) in [6.45, 7) is 7.06. The SMILES string of the molecule is C=C(C=CC)CC1CNCC(O)C1O. The van der Waals surface area contributed by atoms with Gasteiger partial charge < -0.3 is 15.5 Å². The van der Waals surface area contributed by atoms with Crippen LogP contribution in [-0.4, -0.2) is 35.5 Å². The third-order valence-electron chi connectivity index (χ3n) is 2.56. The van der Waals surface area contributed by atoms with Crippen LogP contribution in [0.25, 0.3) is 0 Å². The largest absolute Gasteiger partial charge is 0.390 e.